The van der Waals surface area contributed by atoms with Gasteiger partial charge < -0.3 is 5.32 Å². The predicted molar refractivity (Wildman–Crippen MR) is 92.3 cm³/mol. The van der Waals surface area contributed by atoms with E-state index in [1.165, 1.54) is 33.7 Å². The molecule has 2 aromatic rings. The Kier molecular flexibility index (Phi) is 4.46. The van der Waals surface area contributed by atoms with Crippen molar-refractivity contribution in [2.45, 2.75) is 58.0 Å². The zero-order valence-electron chi connectivity index (χ0n) is 13.2. The van der Waals surface area contributed by atoms with Gasteiger partial charge in [0.2, 0.25) is 0 Å². The quantitative estimate of drug-likeness (QED) is 0.833. The number of benzene rings is 1. The smallest absolute Gasteiger partial charge is 0.00896 e. The van der Waals surface area contributed by atoms with Gasteiger partial charge in [-0.05, 0) is 63.6 Å². The molecule has 1 heterocycles. The first-order chi connectivity index (χ1) is 10.1. The third-order valence-corrected chi connectivity index (χ3v) is 5.50. The normalized spacial score (nSPS) is 22.8. The number of hydrogen-bond acceptors (Lipinski definition) is 2. The van der Waals surface area contributed by atoms with Crippen molar-refractivity contribution in [3.8, 4) is 0 Å². The Morgan fingerprint density at radius 3 is 2.67 bits per heavy atom. The Labute approximate surface area is 132 Å². The van der Waals surface area contributed by atoms with Crippen LogP contribution in [0.25, 0.3) is 0 Å². The topological polar surface area (TPSA) is 12.0 Å². The molecule has 0 amide bonds. The van der Waals surface area contributed by atoms with Crippen LogP contribution in [0.4, 0.5) is 0 Å². The van der Waals surface area contributed by atoms with Gasteiger partial charge >= 0.3 is 0 Å². The van der Waals surface area contributed by atoms with Gasteiger partial charge in [0.25, 0.3) is 0 Å². The minimum atomic E-state index is 0.575. The van der Waals surface area contributed by atoms with Crippen LogP contribution < -0.4 is 5.32 Å². The molecule has 1 unspecified atom stereocenters. The molecule has 0 aliphatic heterocycles. The molecule has 0 bridgehead atoms. The lowest BCUT2D eigenvalue weighted by Gasteiger charge is -2.38. The zero-order chi connectivity index (χ0) is 14.8. The average Bonchev–Trinajstić information content (AvgIpc) is 2.78. The molecule has 1 aliphatic rings. The second kappa shape index (κ2) is 6.33. The molecule has 1 N–H and O–H groups in total. The fourth-order valence-electron chi connectivity index (χ4n) is 3.31. The number of aryl methyl sites for hydroxylation is 2. The summed E-state index contributed by atoms with van der Waals surface area (Å²) < 4.78 is 0. The van der Waals surface area contributed by atoms with Crippen LogP contribution in [-0.2, 0) is 6.42 Å². The highest BCUT2D eigenvalue weighted by molar-refractivity contribution is 7.11. The van der Waals surface area contributed by atoms with Crippen LogP contribution in [-0.4, -0.2) is 12.1 Å². The second-order valence-electron chi connectivity index (χ2n) is 6.56. The Balaban J connectivity index is 1.46. The van der Waals surface area contributed by atoms with Crippen LogP contribution in [0.15, 0.2) is 36.4 Å². The third kappa shape index (κ3) is 3.75. The Hall–Kier alpha value is -1.12. The number of hydrogen-bond donors (Lipinski definition) is 1. The first-order valence-electron chi connectivity index (χ1n) is 7.98. The molecule has 112 valence electrons. The van der Waals surface area contributed by atoms with Gasteiger partial charge in [0.15, 0.2) is 0 Å². The molecule has 1 atom stereocenters. The van der Waals surface area contributed by atoms with Crippen molar-refractivity contribution in [1.82, 2.24) is 5.32 Å². The van der Waals surface area contributed by atoms with Gasteiger partial charge in [-0.25, -0.2) is 0 Å². The van der Waals surface area contributed by atoms with Crippen molar-refractivity contribution < 1.29 is 0 Å². The molecule has 1 fully saturated rings. The molecule has 0 radical (unpaired) electrons. The van der Waals surface area contributed by atoms with Crippen molar-refractivity contribution in [1.29, 1.82) is 0 Å². The van der Waals surface area contributed by atoms with Gasteiger partial charge in [0, 0.05) is 21.8 Å². The minimum Gasteiger partial charge on any atom is -0.311 e. The maximum absolute atomic E-state index is 3.80. The molecule has 0 spiro atoms. The lowest BCUT2D eigenvalue weighted by atomic mass is 9.75. The number of thiophene rings is 1. The summed E-state index contributed by atoms with van der Waals surface area (Å²) in [6, 6.07) is 14.8. The van der Waals surface area contributed by atoms with E-state index in [1.54, 1.807) is 0 Å². The van der Waals surface area contributed by atoms with Crippen LogP contribution in [0.5, 0.6) is 0 Å². The largest absolute Gasteiger partial charge is 0.311 e. The zero-order valence-corrected chi connectivity index (χ0v) is 14.0. The van der Waals surface area contributed by atoms with Crippen LogP contribution in [0.2, 0.25) is 0 Å². The van der Waals surface area contributed by atoms with Gasteiger partial charge in [-0.1, -0.05) is 29.8 Å². The molecule has 1 aliphatic carbocycles. The fraction of sp³-hybridized carbons (Fsp3) is 0.474. The fourth-order valence-corrected chi connectivity index (χ4v) is 4.33. The second-order valence-corrected chi connectivity index (χ2v) is 7.94. The van der Waals surface area contributed by atoms with E-state index < -0.39 is 0 Å². The van der Waals surface area contributed by atoms with Crippen LogP contribution in [0.3, 0.4) is 0 Å². The van der Waals surface area contributed by atoms with E-state index in [0.29, 0.717) is 12.1 Å². The minimum absolute atomic E-state index is 0.575. The summed E-state index contributed by atoms with van der Waals surface area (Å²) in [6.07, 6.45) is 3.73. The van der Waals surface area contributed by atoms with E-state index in [0.717, 1.165) is 12.3 Å². The summed E-state index contributed by atoms with van der Waals surface area (Å²) in [5.74, 6) is 0.763. The number of rotatable bonds is 5. The lowest BCUT2D eigenvalue weighted by Crippen LogP contribution is -2.45. The summed E-state index contributed by atoms with van der Waals surface area (Å²) in [6.45, 7) is 6.68. The van der Waals surface area contributed by atoms with Gasteiger partial charge in [-0.2, -0.15) is 0 Å². The molecule has 0 saturated heterocycles. The Morgan fingerprint density at radius 1 is 1.19 bits per heavy atom. The average molecular weight is 299 g/mol. The first-order valence-corrected chi connectivity index (χ1v) is 8.79. The van der Waals surface area contributed by atoms with Crippen molar-refractivity contribution in [2.75, 3.05) is 0 Å². The maximum Gasteiger partial charge on any atom is 0.00896 e. The molecule has 1 aromatic carbocycles. The summed E-state index contributed by atoms with van der Waals surface area (Å²) in [7, 11) is 0. The highest BCUT2D eigenvalue weighted by Gasteiger charge is 2.30. The predicted octanol–water partition coefficient (Wildman–Crippen LogP) is 4.83. The lowest BCUT2D eigenvalue weighted by molar-refractivity contribution is 0.269. The summed E-state index contributed by atoms with van der Waals surface area (Å²) in [5, 5.41) is 3.80. The molecule has 21 heavy (non-hydrogen) atoms. The molecule has 1 nitrogen and oxygen atoms in total. The van der Waals surface area contributed by atoms with Gasteiger partial charge in [0.05, 0.1) is 0 Å². The van der Waals surface area contributed by atoms with Crippen LogP contribution >= 0.6 is 11.3 Å². The van der Waals surface area contributed by atoms with Gasteiger partial charge in [-0.15, -0.1) is 11.3 Å². The first kappa shape index (κ1) is 14.8. The summed E-state index contributed by atoms with van der Waals surface area (Å²) in [4.78, 5) is 2.92. The number of nitrogens with one attached hydrogen (secondary N) is 1. The molecular weight excluding hydrogens is 274 g/mol. The van der Waals surface area contributed by atoms with E-state index in [9.17, 15) is 0 Å². The Morgan fingerprint density at radius 2 is 2.00 bits per heavy atom. The SMILES string of the molecule is Cc1cccc(C2CC(NC(C)Cc3ccc(C)s3)C2)c1. The van der Waals surface area contributed by atoms with Gasteiger partial charge in [0.1, 0.15) is 0 Å². The highest BCUT2D eigenvalue weighted by atomic mass is 32.1. The van der Waals surface area contributed by atoms with E-state index in [-0.39, 0.29) is 0 Å². The molecule has 2 heteroatoms. The van der Waals surface area contributed by atoms with Crippen LogP contribution in [0, 0.1) is 13.8 Å². The molecular formula is C19H25NS. The highest BCUT2D eigenvalue weighted by Crippen LogP contribution is 2.37. The Bertz CT molecular complexity index is 595. The third-order valence-electron chi connectivity index (χ3n) is 4.48. The van der Waals surface area contributed by atoms with Crippen molar-refractivity contribution in [3.05, 3.63) is 57.3 Å². The monoisotopic (exact) mass is 299 g/mol. The van der Waals surface area contributed by atoms with E-state index >= 15 is 0 Å². The summed E-state index contributed by atoms with van der Waals surface area (Å²) >= 11 is 1.93. The van der Waals surface area contributed by atoms with Crippen molar-refractivity contribution in [3.63, 3.8) is 0 Å². The summed E-state index contributed by atoms with van der Waals surface area (Å²) in [5.41, 5.74) is 2.90. The van der Waals surface area contributed by atoms with Crippen molar-refractivity contribution in [2.24, 2.45) is 0 Å². The molecule has 1 aromatic heterocycles. The van der Waals surface area contributed by atoms with E-state index in [2.05, 4.69) is 62.5 Å². The standard InChI is InChI=1S/C19H25NS/c1-13-5-4-6-16(9-13)17-11-18(12-17)20-14(2)10-19-8-7-15(3)21-19/h4-9,14,17-18,20H,10-12H2,1-3H3. The van der Waals surface area contributed by atoms with E-state index in [4.69, 9.17) is 0 Å². The van der Waals surface area contributed by atoms with Gasteiger partial charge in [-0.3, -0.25) is 0 Å². The van der Waals surface area contributed by atoms with Crippen LogP contribution in [0.1, 0.15) is 46.6 Å². The molecule has 1 saturated carbocycles. The maximum atomic E-state index is 3.80. The van der Waals surface area contributed by atoms with Crippen molar-refractivity contribution >= 4 is 11.3 Å². The van der Waals surface area contributed by atoms with E-state index in [1.807, 2.05) is 11.3 Å². The molecule has 3 rings (SSSR count).